The monoisotopic (exact) mass is 219 g/mol. The molecule has 1 aromatic rings. The van der Waals surface area contributed by atoms with Gasteiger partial charge in [-0.05, 0) is 37.9 Å². The van der Waals surface area contributed by atoms with Crippen molar-refractivity contribution in [2.45, 2.75) is 25.8 Å². The number of carbonyl (C=O) groups is 1. The number of aryl methyl sites for hydroxylation is 1. The molecular formula is C12H17N3O. The summed E-state index contributed by atoms with van der Waals surface area (Å²) in [6.45, 7) is 2.93. The van der Waals surface area contributed by atoms with Gasteiger partial charge in [-0.3, -0.25) is 9.78 Å². The average Bonchev–Trinajstić information content (AvgIpc) is 2.81. The molecule has 0 saturated carbocycles. The van der Waals surface area contributed by atoms with E-state index in [1.807, 2.05) is 20.0 Å². The minimum Gasteiger partial charge on any atom is -0.312 e. The van der Waals surface area contributed by atoms with Crippen LogP contribution in [0.1, 0.15) is 18.4 Å². The molecule has 1 aliphatic rings. The van der Waals surface area contributed by atoms with Crippen molar-refractivity contribution in [2.75, 3.05) is 18.5 Å². The largest absolute Gasteiger partial charge is 0.312 e. The number of hydrogen-bond donors (Lipinski definition) is 1. The number of carbonyl (C=O) groups excluding carboxylic acids is 1. The Morgan fingerprint density at radius 1 is 1.62 bits per heavy atom. The lowest BCUT2D eigenvalue weighted by Crippen LogP contribution is -2.41. The van der Waals surface area contributed by atoms with E-state index in [9.17, 15) is 4.79 Å². The molecule has 0 aliphatic carbocycles. The van der Waals surface area contributed by atoms with E-state index in [1.54, 1.807) is 17.3 Å². The zero-order valence-corrected chi connectivity index (χ0v) is 9.73. The van der Waals surface area contributed by atoms with Gasteiger partial charge in [0.05, 0.1) is 17.9 Å². The number of aromatic nitrogens is 1. The highest BCUT2D eigenvalue weighted by Crippen LogP contribution is 2.18. The van der Waals surface area contributed by atoms with E-state index in [0.29, 0.717) is 0 Å². The molecule has 4 heteroatoms. The summed E-state index contributed by atoms with van der Waals surface area (Å²) in [6, 6.07) is 1.89. The second-order valence-corrected chi connectivity index (χ2v) is 4.21. The zero-order valence-electron chi connectivity index (χ0n) is 9.73. The maximum Gasteiger partial charge on any atom is 0.243 e. The van der Waals surface area contributed by atoms with E-state index in [0.717, 1.165) is 30.6 Å². The molecule has 1 atom stereocenters. The van der Waals surface area contributed by atoms with Crippen LogP contribution in [0.25, 0.3) is 0 Å². The molecule has 86 valence electrons. The minimum absolute atomic E-state index is 0.0235. The van der Waals surface area contributed by atoms with Crippen LogP contribution < -0.4 is 10.2 Å². The van der Waals surface area contributed by atoms with Crippen molar-refractivity contribution in [3.8, 4) is 0 Å². The molecule has 2 heterocycles. The van der Waals surface area contributed by atoms with Gasteiger partial charge < -0.3 is 10.2 Å². The van der Waals surface area contributed by atoms with Gasteiger partial charge in [-0.2, -0.15) is 0 Å². The van der Waals surface area contributed by atoms with Crippen molar-refractivity contribution >= 4 is 11.6 Å². The summed E-state index contributed by atoms with van der Waals surface area (Å²) >= 11 is 0. The van der Waals surface area contributed by atoms with Crippen LogP contribution in [-0.4, -0.2) is 30.5 Å². The number of anilines is 1. The molecule has 0 radical (unpaired) electrons. The molecule has 16 heavy (non-hydrogen) atoms. The summed E-state index contributed by atoms with van der Waals surface area (Å²) in [5.74, 6) is 0.133. The van der Waals surface area contributed by atoms with Crippen LogP contribution in [0, 0.1) is 6.92 Å². The second-order valence-electron chi connectivity index (χ2n) is 4.21. The van der Waals surface area contributed by atoms with E-state index >= 15 is 0 Å². The predicted molar refractivity (Wildman–Crippen MR) is 63.4 cm³/mol. The van der Waals surface area contributed by atoms with E-state index in [2.05, 4.69) is 10.3 Å². The van der Waals surface area contributed by atoms with Crippen LogP contribution in [0.5, 0.6) is 0 Å². The van der Waals surface area contributed by atoms with E-state index in [1.165, 1.54) is 0 Å². The third-order valence-corrected chi connectivity index (χ3v) is 3.06. The molecule has 1 unspecified atom stereocenters. The number of nitrogens with zero attached hydrogens (tertiary/aromatic N) is 2. The Balaban J connectivity index is 2.15. The summed E-state index contributed by atoms with van der Waals surface area (Å²) in [5.41, 5.74) is 1.96. The second kappa shape index (κ2) is 4.61. The molecular weight excluding hydrogens is 202 g/mol. The van der Waals surface area contributed by atoms with Crippen molar-refractivity contribution in [1.29, 1.82) is 0 Å². The maximum absolute atomic E-state index is 12.1. The first kappa shape index (κ1) is 11.1. The van der Waals surface area contributed by atoms with Crippen molar-refractivity contribution in [1.82, 2.24) is 10.3 Å². The molecule has 1 amide bonds. The molecule has 2 rings (SSSR count). The molecule has 0 spiro atoms. The van der Waals surface area contributed by atoms with Crippen LogP contribution in [0.15, 0.2) is 18.5 Å². The lowest BCUT2D eigenvalue weighted by atomic mass is 10.2. The fraction of sp³-hybridized carbons (Fsp3) is 0.500. The molecule has 0 bridgehead atoms. The summed E-state index contributed by atoms with van der Waals surface area (Å²) in [7, 11) is 1.81. The Hall–Kier alpha value is -1.42. The van der Waals surface area contributed by atoms with Gasteiger partial charge in [-0.25, -0.2) is 0 Å². The third kappa shape index (κ3) is 2.07. The standard InChI is InChI=1S/C12H17N3O/c1-9-5-7-13-8-11(9)15(2)12(16)10-4-3-6-14-10/h5,7-8,10,14H,3-4,6H2,1-2H3. The number of nitrogens with one attached hydrogen (secondary N) is 1. The fourth-order valence-corrected chi connectivity index (χ4v) is 2.05. The fourth-order valence-electron chi connectivity index (χ4n) is 2.05. The van der Waals surface area contributed by atoms with Gasteiger partial charge in [-0.15, -0.1) is 0 Å². The van der Waals surface area contributed by atoms with Gasteiger partial charge in [0.25, 0.3) is 0 Å². The molecule has 1 aromatic heterocycles. The Labute approximate surface area is 95.7 Å². The number of rotatable bonds is 2. The van der Waals surface area contributed by atoms with E-state index < -0.39 is 0 Å². The SMILES string of the molecule is Cc1ccncc1N(C)C(=O)C1CCCN1. The summed E-state index contributed by atoms with van der Waals surface area (Å²) < 4.78 is 0. The first-order valence-corrected chi connectivity index (χ1v) is 5.61. The number of likely N-dealkylation sites (N-methyl/N-ethyl adjacent to an activating group) is 1. The Morgan fingerprint density at radius 2 is 2.44 bits per heavy atom. The highest BCUT2D eigenvalue weighted by molar-refractivity contribution is 5.97. The van der Waals surface area contributed by atoms with Crippen molar-refractivity contribution in [2.24, 2.45) is 0 Å². The number of hydrogen-bond acceptors (Lipinski definition) is 3. The van der Waals surface area contributed by atoms with E-state index in [-0.39, 0.29) is 11.9 Å². The number of amides is 1. The topological polar surface area (TPSA) is 45.2 Å². The van der Waals surface area contributed by atoms with Crippen LogP contribution in [0.4, 0.5) is 5.69 Å². The lowest BCUT2D eigenvalue weighted by Gasteiger charge is -2.22. The summed E-state index contributed by atoms with van der Waals surface area (Å²) in [4.78, 5) is 17.9. The summed E-state index contributed by atoms with van der Waals surface area (Å²) in [6.07, 6.45) is 5.49. The molecule has 1 aliphatic heterocycles. The quantitative estimate of drug-likeness (QED) is 0.810. The highest BCUT2D eigenvalue weighted by atomic mass is 16.2. The van der Waals surface area contributed by atoms with Gasteiger partial charge >= 0.3 is 0 Å². The highest BCUT2D eigenvalue weighted by Gasteiger charge is 2.26. The molecule has 1 N–H and O–H groups in total. The Bertz CT molecular complexity index is 386. The molecule has 0 aromatic carbocycles. The zero-order chi connectivity index (χ0) is 11.5. The van der Waals surface area contributed by atoms with Gasteiger partial charge in [0.1, 0.15) is 0 Å². The minimum atomic E-state index is -0.0235. The smallest absolute Gasteiger partial charge is 0.243 e. The van der Waals surface area contributed by atoms with Gasteiger partial charge in [0.15, 0.2) is 0 Å². The predicted octanol–water partition coefficient (Wildman–Crippen LogP) is 1.10. The average molecular weight is 219 g/mol. The molecule has 4 nitrogen and oxygen atoms in total. The van der Waals surface area contributed by atoms with Crippen LogP contribution >= 0.6 is 0 Å². The van der Waals surface area contributed by atoms with Gasteiger partial charge in [0, 0.05) is 13.2 Å². The normalized spacial score (nSPS) is 19.8. The first-order chi connectivity index (χ1) is 7.70. The molecule has 1 fully saturated rings. The van der Waals surface area contributed by atoms with E-state index in [4.69, 9.17) is 0 Å². The van der Waals surface area contributed by atoms with Crippen molar-refractivity contribution < 1.29 is 4.79 Å². The van der Waals surface area contributed by atoms with Crippen molar-refractivity contribution in [3.63, 3.8) is 0 Å². The number of pyridine rings is 1. The lowest BCUT2D eigenvalue weighted by molar-refractivity contribution is -0.119. The molecule has 1 saturated heterocycles. The Morgan fingerprint density at radius 3 is 3.06 bits per heavy atom. The maximum atomic E-state index is 12.1. The van der Waals surface area contributed by atoms with Gasteiger partial charge in [-0.1, -0.05) is 0 Å². The van der Waals surface area contributed by atoms with Crippen LogP contribution in [0.3, 0.4) is 0 Å². The summed E-state index contributed by atoms with van der Waals surface area (Å²) in [5, 5.41) is 3.21. The van der Waals surface area contributed by atoms with Gasteiger partial charge in [0.2, 0.25) is 5.91 Å². The van der Waals surface area contributed by atoms with Crippen LogP contribution in [-0.2, 0) is 4.79 Å². The third-order valence-electron chi connectivity index (χ3n) is 3.06. The van der Waals surface area contributed by atoms with Crippen molar-refractivity contribution in [3.05, 3.63) is 24.0 Å². The Kier molecular flexibility index (Phi) is 3.19. The first-order valence-electron chi connectivity index (χ1n) is 5.61. The van der Waals surface area contributed by atoms with Crippen LogP contribution in [0.2, 0.25) is 0 Å².